The zero-order chi connectivity index (χ0) is 43.2. The largest absolute Gasteiger partial charge is 0.444 e. The van der Waals surface area contributed by atoms with Gasteiger partial charge >= 0.3 is 6.09 Å². The fourth-order valence-corrected chi connectivity index (χ4v) is 6.12. The Labute approximate surface area is 344 Å². The third-order valence-electron chi connectivity index (χ3n) is 9.24. The van der Waals surface area contributed by atoms with Gasteiger partial charge in [-0.2, -0.15) is 0 Å². The number of fused-ring (bicyclic) bond motifs is 1. The van der Waals surface area contributed by atoms with Crippen molar-refractivity contribution < 1.29 is 33.5 Å². The monoisotopic (exact) mass is 811 g/mol. The van der Waals surface area contributed by atoms with Crippen molar-refractivity contribution in [1.29, 1.82) is 0 Å². The average molecular weight is 812 g/mol. The van der Waals surface area contributed by atoms with E-state index in [2.05, 4.69) is 36.6 Å². The van der Waals surface area contributed by atoms with Gasteiger partial charge in [-0.25, -0.2) is 9.78 Å². The number of primary amides is 1. The Hall–Kier alpha value is -6.29. The second-order valence-electron chi connectivity index (χ2n) is 16.1. The molecule has 0 spiro atoms. The minimum atomic E-state index is -1.31. The van der Waals surface area contributed by atoms with Crippen molar-refractivity contribution in [2.24, 2.45) is 11.5 Å². The van der Waals surface area contributed by atoms with E-state index in [1.807, 2.05) is 48.5 Å². The van der Waals surface area contributed by atoms with E-state index in [9.17, 15) is 28.8 Å². The lowest BCUT2D eigenvalue weighted by atomic mass is 9.99. The molecule has 4 atom stereocenters. The van der Waals surface area contributed by atoms with Crippen LogP contribution in [0.1, 0.15) is 70.7 Å². The van der Waals surface area contributed by atoms with E-state index in [1.54, 1.807) is 45.0 Å². The first-order chi connectivity index (χ1) is 27.9. The standard InChI is InChI=1S/C43H57N9O7/c1-42(2,3)59-41(58)47-20-12-11-17-32(36(44)53)49-37(54)33(22-27-13-7-6-8-14-27)50-38(55)34(23-28-18-19-29-15-9-10-16-30(29)21-28)51-39(56)35(24-31-25-46-26-48-31)52-40(57)43(4,5)45/h6-10,13-16,18-19,21,25-26,32-35H,11-12,17,20,22-24,45H2,1-5H3,(H2,44,53)(H,46,48)(H,47,58)(H,49,54)(H,50,55)(H,51,56)(H,52,57)/t32-,33+,34?,35-/m0/s1. The molecule has 6 amide bonds. The molecule has 0 bridgehead atoms. The van der Waals surface area contributed by atoms with Gasteiger partial charge in [0.2, 0.25) is 29.5 Å². The van der Waals surface area contributed by atoms with Crippen molar-refractivity contribution in [2.45, 2.75) is 108 Å². The van der Waals surface area contributed by atoms with Crippen LogP contribution in [0.3, 0.4) is 0 Å². The molecule has 1 unspecified atom stereocenters. The first-order valence-corrected chi connectivity index (χ1v) is 19.6. The number of ether oxygens (including phenoxy) is 1. The van der Waals surface area contributed by atoms with Crippen molar-refractivity contribution in [1.82, 2.24) is 36.6 Å². The van der Waals surface area contributed by atoms with Gasteiger partial charge in [0.05, 0.1) is 11.9 Å². The maximum atomic E-state index is 14.4. The lowest BCUT2D eigenvalue weighted by molar-refractivity contribution is -0.134. The molecular formula is C43H57N9O7. The number of aromatic amines is 1. The van der Waals surface area contributed by atoms with Gasteiger partial charge < -0.3 is 47.8 Å². The highest BCUT2D eigenvalue weighted by molar-refractivity contribution is 5.96. The second kappa shape index (κ2) is 20.9. The van der Waals surface area contributed by atoms with E-state index in [0.29, 0.717) is 18.5 Å². The van der Waals surface area contributed by atoms with E-state index in [4.69, 9.17) is 16.2 Å². The Kier molecular flexibility index (Phi) is 16.1. The Morgan fingerprint density at radius 3 is 1.85 bits per heavy atom. The number of nitrogens with one attached hydrogen (secondary N) is 6. The Morgan fingerprint density at radius 2 is 1.27 bits per heavy atom. The van der Waals surface area contributed by atoms with Crippen molar-refractivity contribution in [3.8, 4) is 0 Å². The van der Waals surface area contributed by atoms with Gasteiger partial charge in [-0.3, -0.25) is 24.0 Å². The maximum Gasteiger partial charge on any atom is 0.407 e. The predicted octanol–water partition coefficient (Wildman–Crippen LogP) is 2.45. The van der Waals surface area contributed by atoms with Crippen LogP contribution in [-0.4, -0.2) is 87.4 Å². The second-order valence-corrected chi connectivity index (χ2v) is 16.1. The maximum absolute atomic E-state index is 14.4. The van der Waals surface area contributed by atoms with Gasteiger partial charge in [0.25, 0.3) is 0 Å². The van der Waals surface area contributed by atoms with Crippen LogP contribution in [-0.2, 0) is 48.0 Å². The van der Waals surface area contributed by atoms with Crippen LogP contribution in [0.4, 0.5) is 4.79 Å². The summed E-state index contributed by atoms with van der Waals surface area (Å²) >= 11 is 0. The summed E-state index contributed by atoms with van der Waals surface area (Å²) in [5.41, 5.74) is 11.8. The summed E-state index contributed by atoms with van der Waals surface area (Å²) in [6, 6.07) is 17.7. The van der Waals surface area contributed by atoms with Crippen LogP contribution in [0.5, 0.6) is 0 Å². The average Bonchev–Trinajstić information content (AvgIpc) is 3.69. The molecule has 1 heterocycles. The number of benzene rings is 3. The quantitative estimate of drug-likeness (QED) is 0.0610. The molecule has 10 N–H and O–H groups in total. The summed E-state index contributed by atoms with van der Waals surface area (Å²) in [5.74, 6) is -3.37. The number of imidazole rings is 1. The smallest absolute Gasteiger partial charge is 0.407 e. The summed E-state index contributed by atoms with van der Waals surface area (Å²) in [6.45, 7) is 8.57. The van der Waals surface area contributed by atoms with Crippen molar-refractivity contribution in [2.75, 3.05) is 6.54 Å². The molecule has 59 heavy (non-hydrogen) atoms. The highest BCUT2D eigenvalue weighted by Crippen LogP contribution is 2.18. The molecule has 16 heteroatoms. The molecule has 4 rings (SSSR count). The normalized spacial score (nSPS) is 13.6. The molecule has 316 valence electrons. The number of nitrogens with two attached hydrogens (primary N) is 2. The van der Waals surface area contributed by atoms with E-state index in [1.165, 1.54) is 26.4 Å². The van der Waals surface area contributed by atoms with Crippen LogP contribution in [0.25, 0.3) is 10.8 Å². The highest BCUT2D eigenvalue weighted by atomic mass is 16.6. The van der Waals surface area contributed by atoms with Crippen molar-refractivity contribution in [3.05, 3.63) is 102 Å². The summed E-state index contributed by atoms with van der Waals surface area (Å²) in [6.07, 6.45) is 3.56. The molecule has 0 saturated heterocycles. The fraction of sp³-hybridized carbons (Fsp3) is 0.419. The molecule has 0 radical (unpaired) electrons. The molecular weight excluding hydrogens is 755 g/mol. The molecule has 0 aliphatic heterocycles. The molecule has 0 aliphatic carbocycles. The summed E-state index contributed by atoms with van der Waals surface area (Å²) in [4.78, 5) is 87.0. The van der Waals surface area contributed by atoms with Crippen molar-refractivity contribution >= 4 is 46.4 Å². The number of rotatable bonds is 20. The summed E-state index contributed by atoms with van der Waals surface area (Å²) < 4.78 is 5.25. The van der Waals surface area contributed by atoms with E-state index < -0.39 is 70.9 Å². The highest BCUT2D eigenvalue weighted by Gasteiger charge is 2.33. The zero-order valence-electron chi connectivity index (χ0n) is 34.3. The number of alkyl carbamates (subject to hydrolysis) is 1. The van der Waals surface area contributed by atoms with Gasteiger partial charge in [0.1, 0.15) is 29.8 Å². The lowest BCUT2D eigenvalue weighted by Crippen LogP contribution is -2.60. The van der Waals surface area contributed by atoms with E-state index in [0.717, 1.165) is 21.9 Å². The van der Waals surface area contributed by atoms with Gasteiger partial charge in [0, 0.05) is 37.7 Å². The fourth-order valence-electron chi connectivity index (χ4n) is 6.12. The molecule has 1 aromatic heterocycles. The first kappa shape index (κ1) is 45.4. The van der Waals surface area contributed by atoms with Crippen LogP contribution in [0.2, 0.25) is 0 Å². The third-order valence-corrected chi connectivity index (χ3v) is 9.24. The van der Waals surface area contributed by atoms with Crippen LogP contribution < -0.4 is 38.1 Å². The number of hydrogen-bond donors (Lipinski definition) is 8. The molecule has 0 aliphatic rings. The van der Waals surface area contributed by atoms with Crippen molar-refractivity contribution in [3.63, 3.8) is 0 Å². The SMILES string of the molecule is CC(C)(C)OC(=O)NCCCC[C@H](NC(=O)[C@@H](Cc1ccccc1)NC(=O)C(Cc1ccc2ccccc2c1)NC(=O)[C@H](Cc1cnc[nH]1)NC(=O)C(C)(C)N)C(N)=O. The number of carbonyl (C=O) groups is 6. The Morgan fingerprint density at radius 1 is 0.695 bits per heavy atom. The van der Waals surface area contributed by atoms with Crippen LogP contribution in [0.15, 0.2) is 85.3 Å². The predicted molar refractivity (Wildman–Crippen MR) is 223 cm³/mol. The molecule has 0 fully saturated rings. The number of hydrogen-bond acceptors (Lipinski definition) is 9. The number of H-pyrrole nitrogens is 1. The minimum absolute atomic E-state index is 0.0164. The number of carbonyl (C=O) groups excluding carboxylic acids is 6. The molecule has 4 aromatic rings. The first-order valence-electron chi connectivity index (χ1n) is 19.6. The lowest BCUT2D eigenvalue weighted by Gasteiger charge is -2.27. The van der Waals surface area contributed by atoms with E-state index >= 15 is 0 Å². The number of aromatic nitrogens is 2. The van der Waals surface area contributed by atoms with E-state index in [-0.39, 0.29) is 32.2 Å². The number of amides is 6. The van der Waals surface area contributed by atoms with Crippen LogP contribution in [0, 0.1) is 0 Å². The minimum Gasteiger partial charge on any atom is -0.444 e. The Bertz CT molecular complexity index is 2040. The van der Waals surface area contributed by atoms with Gasteiger partial charge in [-0.15, -0.1) is 0 Å². The summed E-state index contributed by atoms with van der Waals surface area (Å²) in [7, 11) is 0. The van der Waals surface area contributed by atoms with Gasteiger partial charge in [0.15, 0.2) is 0 Å². The Balaban J connectivity index is 1.57. The van der Waals surface area contributed by atoms with Gasteiger partial charge in [-0.1, -0.05) is 72.8 Å². The summed E-state index contributed by atoms with van der Waals surface area (Å²) in [5, 5.41) is 15.6. The molecule has 3 aromatic carbocycles. The number of unbranched alkanes of at least 4 members (excludes halogenated alkanes) is 1. The number of nitrogens with zero attached hydrogens (tertiary/aromatic N) is 1. The third kappa shape index (κ3) is 15.2. The zero-order valence-corrected chi connectivity index (χ0v) is 34.3. The molecule has 0 saturated carbocycles. The topological polar surface area (TPSA) is 253 Å². The molecule has 16 nitrogen and oxygen atoms in total. The van der Waals surface area contributed by atoms with Gasteiger partial charge in [-0.05, 0) is 75.8 Å². The van der Waals surface area contributed by atoms with Crippen LogP contribution >= 0.6 is 0 Å².